The van der Waals surface area contributed by atoms with Crippen LogP contribution in [0.1, 0.15) is 42.1 Å². The number of aliphatic hydroxyl groups excluding tert-OH is 2. The van der Waals surface area contributed by atoms with E-state index in [4.69, 9.17) is 0 Å². The predicted molar refractivity (Wildman–Crippen MR) is 114 cm³/mol. The van der Waals surface area contributed by atoms with Crippen molar-refractivity contribution in [1.29, 1.82) is 0 Å². The van der Waals surface area contributed by atoms with Gasteiger partial charge in [0, 0.05) is 0 Å². The summed E-state index contributed by atoms with van der Waals surface area (Å²) in [5.74, 6) is 0.332. The van der Waals surface area contributed by atoms with E-state index in [2.05, 4.69) is 41.8 Å². The molecule has 1 saturated heterocycles. The normalized spacial score (nSPS) is 21.3. The van der Waals surface area contributed by atoms with Crippen LogP contribution in [0.15, 0.2) is 54.6 Å². The highest BCUT2D eigenvalue weighted by atomic mass is 16.3. The molecular weight excluding hydrogens is 364 g/mol. The largest absolute Gasteiger partial charge is 0.394 e. The zero-order chi connectivity index (χ0) is 20.6. The van der Waals surface area contributed by atoms with Crippen molar-refractivity contribution in [2.24, 2.45) is 5.92 Å². The number of carbonyl (C=O) groups excluding carboxylic acids is 1. The highest BCUT2D eigenvalue weighted by molar-refractivity contribution is 5.82. The van der Waals surface area contributed by atoms with Gasteiger partial charge in [-0.25, -0.2) is 0 Å². The Hall–Kier alpha value is -2.21. The van der Waals surface area contributed by atoms with Gasteiger partial charge in [-0.2, -0.15) is 0 Å². The minimum Gasteiger partial charge on any atom is -0.394 e. The lowest BCUT2D eigenvalue weighted by Crippen LogP contribution is -2.53. The summed E-state index contributed by atoms with van der Waals surface area (Å²) in [7, 11) is 0. The maximum Gasteiger partial charge on any atom is 0.237 e. The van der Waals surface area contributed by atoms with Gasteiger partial charge < -0.3 is 20.8 Å². The fourth-order valence-electron chi connectivity index (χ4n) is 3.97. The van der Waals surface area contributed by atoms with Gasteiger partial charge >= 0.3 is 0 Å². The molecule has 0 spiro atoms. The van der Waals surface area contributed by atoms with Gasteiger partial charge in [0.15, 0.2) is 0 Å². The van der Waals surface area contributed by atoms with Crippen molar-refractivity contribution in [2.45, 2.75) is 50.8 Å². The van der Waals surface area contributed by atoms with Gasteiger partial charge in [0.05, 0.1) is 18.7 Å². The molecule has 0 saturated carbocycles. The van der Waals surface area contributed by atoms with Gasteiger partial charge in [0.25, 0.3) is 0 Å². The van der Waals surface area contributed by atoms with E-state index in [9.17, 15) is 15.0 Å². The van der Waals surface area contributed by atoms with Crippen LogP contribution in [-0.4, -0.2) is 41.4 Å². The van der Waals surface area contributed by atoms with Crippen molar-refractivity contribution >= 4 is 5.91 Å². The summed E-state index contributed by atoms with van der Waals surface area (Å²) in [5, 5.41) is 26.3. The number of hydrogen-bond acceptors (Lipinski definition) is 4. The first kappa shape index (κ1) is 21.5. The second-order valence-electron chi connectivity index (χ2n) is 8.07. The Kier molecular flexibility index (Phi) is 7.81. The molecule has 1 unspecified atom stereocenters. The van der Waals surface area contributed by atoms with E-state index in [1.165, 1.54) is 11.1 Å². The third-order valence-electron chi connectivity index (χ3n) is 5.84. The Bertz CT molecular complexity index is 763. The van der Waals surface area contributed by atoms with Crippen molar-refractivity contribution in [1.82, 2.24) is 10.6 Å². The Labute approximate surface area is 173 Å². The first-order valence-electron chi connectivity index (χ1n) is 10.5. The highest BCUT2D eigenvalue weighted by Gasteiger charge is 2.30. The summed E-state index contributed by atoms with van der Waals surface area (Å²) >= 11 is 0. The van der Waals surface area contributed by atoms with E-state index in [1.54, 1.807) is 12.1 Å². The van der Waals surface area contributed by atoms with Crippen LogP contribution in [-0.2, 0) is 11.2 Å². The quantitative estimate of drug-likeness (QED) is 0.553. The predicted octanol–water partition coefficient (Wildman–Crippen LogP) is 2.51. The molecule has 29 heavy (non-hydrogen) atoms. The lowest BCUT2D eigenvalue weighted by Gasteiger charge is -2.31. The molecule has 4 N–H and O–H groups in total. The van der Waals surface area contributed by atoms with Gasteiger partial charge in [-0.15, -0.1) is 0 Å². The molecule has 3 rings (SSSR count). The van der Waals surface area contributed by atoms with Crippen LogP contribution in [0, 0.1) is 12.8 Å². The minimum atomic E-state index is -0.939. The van der Waals surface area contributed by atoms with E-state index in [-0.39, 0.29) is 18.6 Å². The highest BCUT2D eigenvalue weighted by Crippen LogP contribution is 2.23. The number of carbonyl (C=O) groups is 1. The van der Waals surface area contributed by atoms with Crippen LogP contribution < -0.4 is 10.6 Å². The molecule has 1 amide bonds. The number of piperidine rings is 1. The molecule has 4 atom stereocenters. The van der Waals surface area contributed by atoms with E-state index in [0.717, 1.165) is 32.2 Å². The molecule has 1 heterocycles. The summed E-state index contributed by atoms with van der Waals surface area (Å²) < 4.78 is 0. The summed E-state index contributed by atoms with van der Waals surface area (Å²) in [6.45, 7) is 2.58. The summed E-state index contributed by atoms with van der Waals surface area (Å²) in [6.07, 6.45) is 2.98. The molecule has 2 aromatic carbocycles. The lowest BCUT2D eigenvalue weighted by atomic mass is 9.87. The molecule has 0 aromatic heterocycles. The zero-order valence-electron chi connectivity index (χ0n) is 17.1. The third kappa shape index (κ3) is 6.13. The van der Waals surface area contributed by atoms with Crippen LogP contribution in [0.25, 0.3) is 0 Å². The average Bonchev–Trinajstić information content (AvgIpc) is 2.77. The number of amides is 1. The van der Waals surface area contributed by atoms with Crippen LogP contribution in [0.2, 0.25) is 0 Å². The zero-order valence-corrected chi connectivity index (χ0v) is 17.1. The summed E-state index contributed by atoms with van der Waals surface area (Å²) in [4.78, 5) is 12.8. The topological polar surface area (TPSA) is 81.6 Å². The number of hydrogen-bond donors (Lipinski definition) is 4. The summed E-state index contributed by atoms with van der Waals surface area (Å²) in [5.41, 5.74) is 3.28. The molecule has 0 aliphatic carbocycles. The Morgan fingerprint density at radius 2 is 1.90 bits per heavy atom. The second kappa shape index (κ2) is 10.5. The third-order valence-corrected chi connectivity index (χ3v) is 5.84. The Balaban J connectivity index is 1.52. The average molecular weight is 397 g/mol. The Morgan fingerprint density at radius 3 is 2.59 bits per heavy atom. The standard InChI is InChI=1S/C24H32N2O3/c1-17-7-9-18(10-8-17)11-12-19-13-14-25-21(15-19)24(29)26-22(16-27)23(28)20-5-3-2-4-6-20/h2-10,19,21-23,25,27-28H,11-16H2,1H3,(H,26,29)/t19-,21?,22-,23-/m0/s1. The molecule has 0 radical (unpaired) electrons. The lowest BCUT2D eigenvalue weighted by molar-refractivity contribution is -0.126. The number of benzene rings is 2. The molecule has 156 valence electrons. The van der Waals surface area contributed by atoms with Crippen LogP contribution in [0.4, 0.5) is 0 Å². The fourth-order valence-corrected chi connectivity index (χ4v) is 3.97. The van der Waals surface area contributed by atoms with Crippen molar-refractivity contribution in [3.05, 3.63) is 71.3 Å². The smallest absolute Gasteiger partial charge is 0.237 e. The van der Waals surface area contributed by atoms with Gasteiger partial charge in [-0.1, -0.05) is 60.2 Å². The molecule has 1 aliphatic heterocycles. The Morgan fingerprint density at radius 1 is 1.17 bits per heavy atom. The van der Waals surface area contributed by atoms with Crippen molar-refractivity contribution in [3.63, 3.8) is 0 Å². The van der Waals surface area contributed by atoms with Gasteiger partial charge in [0.2, 0.25) is 5.91 Å². The van der Waals surface area contributed by atoms with E-state index in [0.29, 0.717) is 11.5 Å². The number of rotatable bonds is 8. The van der Waals surface area contributed by atoms with Gasteiger partial charge in [-0.3, -0.25) is 4.79 Å². The van der Waals surface area contributed by atoms with Gasteiger partial charge in [-0.05, 0) is 56.2 Å². The second-order valence-corrected chi connectivity index (χ2v) is 8.07. The van der Waals surface area contributed by atoms with Crippen molar-refractivity contribution < 1.29 is 15.0 Å². The fraction of sp³-hybridized carbons (Fsp3) is 0.458. The molecule has 0 bridgehead atoms. The van der Waals surface area contributed by atoms with Crippen LogP contribution in [0.5, 0.6) is 0 Å². The first-order chi connectivity index (χ1) is 14.1. The molecule has 1 aliphatic rings. The summed E-state index contributed by atoms with van der Waals surface area (Å²) in [6, 6.07) is 16.7. The van der Waals surface area contributed by atoms with Gasteiger partial charge in [0.1, 0.15) is 6.10 Å². The number of nitrogens with one attached hydrogen (secondary N) is 2. The molecule has 5 nitrogen and oxygen atoms in total. The van der Waals surface area contributed by atoms with Crippen LogP contribution in [0.3, 0.4) is 0 Å². The molecular formula is C24H32N2O3. The monoisotopic (exact) mass is 396 g/mol. The maximum atomic E-state index is 12.8. The maximum absolute atomic E-state index is 12.8. The minimum absolute atomic E-state index is 0.154. The molecule has 1 fully saturated rings. The SMILES string of the molecule is Cc1ccc(CC[C@H]2CCNC(C(=O)N[C@@H](CO)[C@@H](O)c3ccccc3)C2)cc1. The van der Waals surface area contributed by atoms with Crippen LogP contribution >= 0.6 is 0 Å². The number of aliphatic hydroxyl groups is 2. The van der Waals surface area contributed by atoms with E-state index in [1.807, 2.05) is 18.2 Å². The van der Waals surface area contributed by atoms with E-state index >= 15 is 0 Å². The molecule has 5 heteroatoms. The number of aryl methyl sites for hydroxylation is 2. The molecule has 2 aromatic rings. The van der Waals surface area contributed by atoms with Crippen molar-refractivity contribution in [3.8, 4) is 0 Å². The van der Waals surface area contributed by atoms with E-state index < -0.39 is 12.1 Å². The first-order valence-corrected chi connectivity index (χ1v) is 10.5. The van der Waals surface area contributed by atoms with Crippen molar-refractivity contribution in [2.75, 3.05) is 13.2 Å².